The zero-order valence-electron chi connectivity index (χ0n) is 12.7. The van der Waals surface area contributed by atoms with Gasteiger partial charge in [-0.3, -0.25) is 14.9 Å². The topological polar surface area (TPSA) is 105 Å². The van der Waals surface area contributed by atoms with Gasteiger partial charge in [-0.15, -0.1) is 0 Å². The lowest BCUT2D eigenvalue weighted by molar-refractivity contribution is -0.385. The van der Waals surface area contributed by atoms with E-state index >= 15 is 0 Å². The first-order valence-electron chi connectivity index (χ1n) is 6.68. The van der Waals surface area contributed by atoms with Crippen molar-refractivity contribution in [1.29, 1.82) is 0 Å². The number of aliphatic carboxylic acids is 1. The molecule has 0 aliphatic rings. The van der Waals surface area contributed by atoms with Gasteiger partial charge in [0.2, 0.25) is 0 Å². The molecular weight excluding hydrogens is 274 g/mol. The highest BCUT2D eigenvalue weighted by atomic mass is 16.6. The summed E-state index contributed by atoms with van der Waals surface area (Å²) in [6.07, 6.45) is 1.71. The molecule has 0 aliphatic heterocycles. The molecule has 7 heteroatoms. The summed E-state index contributed by atoms with van der Waals surface area (Å²) in [6.45, 7) is 7.80. The highest BCUT2D eigenvalue weighted by Crippen LogP contribution is 2.25. The van der Waals surface area contributed by atoms with Gasteiger partial charge in [0.25, 0.3) is 5.69 Å². The smallest absolute Gasteiger partial charge is 0.308 e. The van der Waals surface area contributed by atoms with E-state index in [1.165, 1.54) is 6.20 Å². The van der Waals surface area contributed by atoms with Crippen molar-refractivity contribution in [2.45, 2.75) is 34.1 Å². The van der Waals surface area contributed by atoms with Crippen molar-refractivity contribution in [1.82, 2.24) is 4.98 Å². The standard InChI is InChI=1S/C14H21N3O4/c1-9-5-12(16-8-11(9)17(20)21)15-7-10(13(18)19)6-14(2,3)4/h5,8,10H,6-7H2,1-4H3,(H,15,16)(H,18,19). The molecule has 0 spiro atoms. The van der Waals surface area contributed by atoms with E-state index < -0.39 is 16.8 Å². The molecule has 116 valence electrons. The number of aromatic nitrogens is 1. The van der Waals surface area contributed by atoms with Gasteiger partial charge in [0.1, 0.15) is 12.0 Å². The van der Waals surface area contributed by atoms with Gasteiger partial charge < -0.3 is 10.4 Å². The number of hydrogen-bond donors (Lipinski definition) is 2. The largest absolute Gasteiger partial charge is 0.481 e. The lowest BCUT2D eigenvalue weighted by Gasteiger charge is -2.23. The van der Waals surface area contributed by atoms with E-state index in [2.05, 4.69) is 10.3 Å². The second-order valence-electron chi connectivity index (χ2n) is 6.29. The van der Waals surface area contributed by atoms with Crippen LogP contribution in [0.1, 0.15) is 32.8 Å². The van der Waals surface area contributed by atoms with Gasteiger partial charge in [-0.1, -0.05) is 20.8 Å². The minimum absolute atomic E-state index is 0.0509. The van der Waals surface area contributed by atoms with Crippen molar-refractivity contribution in [3.8, 4) is 0 Å². The summed E-state index contributed by atoms with van der Waals surface area (Å²) >= 11 is 0. The first-order chi connectivity index (χ1) is 9.60. The van der Waals surface area contributed by atoms with Crippen LogP contribution in [0.5, 0.6) is 0 Å². The second kappa shape index (κ2) is 6.51. The maximum Gasteiger partial charge on any atom is 0.308 e. The number of nitrogens with zero attached hydrogens (tertiary/aromatic N) is 2. The van der Waals surface area contributed by atoms with E-state index in [0.717, 1.165) is 0 Å². The van der Waals surface area contributed by atoms with Crippen LogP contribution in [-0.2, 0) is 4.79 Å². The number of rotatable bonds is 6. The zero-order chi connectivity index (χ0) is 16.2. The van der Waals surface area contributed by atoms with E-state index in [-0.39, 0.29) is 17.6 Å². The van der Waals surface area contributed by atoms with Gasteiger partial charge in [-0.05, 0) is 24.8 Å². The molecule has 21 heavy (non-hydrogen) atoms. The summed E-state index contributed by atoms with van der Waals surface area (Å²) in [4.78, 5) is 25.4. The molecule has 2 N–H and O–H groups in total. The summed E-state index contributed by atoms with van der Waals surface area (Å²) in [5.74, 6) is -0.961. The molecule has 0 amide bonds. The number of anilines is 1. The van der Waals surface area contributed by atoms with Crippen molar-refractivity contribution in [2.24, 2.45) is 11.3 Å². The fraction of sp³-hybridized carbons (Fsp3) is 0.571. The number of carboxylic acid groups (broad SMARTS) is 1. The number of aryl methyl sites for hydroxylation is 1. The molecule has 1 aromatic rings. The van der Waals surface area contributed by atoms with Crippen molar-refractivity contribution in [3.05, 3.63) is 27.9 Å². The maximum atomic E-state index is 11.3. The van der Waals surface area contributed by atoms with Crippen molar-refractivity contribution in [2.75, 3.05) is 11.9 Å². The molecule has 1 aromatic heterocycles. The van der Waals surface area contributed by atoms with Gasteiger partial charge >= 0.3 is 5.97 Å². The van der Waals surface area contributed by atoms with Gasteiger partial charge in [0.15, 0.2) is 0 Å². The van der Waals surface area contributed by atoms with Gasteiger partial charge in [-0.25, -0.2) is 4.98 Å². The predicted octanol–water partition coefficient (Wildman–Crippen LogP) is 2.85. The highest BCUT2D eigenvalue weighted by molar-refractivity contribution is 5.70. The minimum atomic E-state index is -0.865. The van der Waals surface area contributed by atoms with E-state index in [0.29, 0.717) is 17.8 Å². The van der Waals surface area contributed by atoms with Crippen LogP contribution in [0.4, 0.5) is 11.5 Å². The molecule has 0 fully saturated rings. The van der Waals surface area contributed by atoms with Crippen LogP contribution in [-0.4, -0.2) is 27.5 Å². The molecule has 7 nitrogen and oxygen atoms in total. The van der Waals surface area contributed by atoms with Crippen LogP contribution >= 0.6 is 0 Å². The summed E-state index contributed by atoms with van der Waals surface area (Å²) in [7, 11) is 0. The van der Waals surface area contributed by atoms with E-state index in [9.17, 15) is 20.0 Å². The summed E-state index contributed by atoms with van der Waals surface area (Å²) < 4.78 is 0. The molecule has 0 aliphatic carbocycles. The van der Waals surface area contributed by atoms with E-state index in [1.807, 2.05) is 20.8 Å². The summed E-state index contributed by atoms with van der Waals surface area (Å²) in [5.41, 5.74) is 0.342. The summed E-state index contributed by atoms with van der Waals surface area (Å²) in [6, 6.07) is 1.55. The quantitative estimate of drug-likeness (QED) is 0.617. The lowest BCUT2D eigenvalue weighted by Crippen LogP contribution is -2.27. The third-order valence-corrected chi connectivity index (χ3v) is 3.02. The van der Waals surface area contributed by atoms with Crippen molar-refractivity contribution < 1.29 is 14.8 Å². The Morgan fingerprint density at radius 3 is 2.57 bits per heavy atom. The molecule has 1 unspecified atom stereocenters. The van der Waals surface area contributed by atoms with Gasteiger partial charge in [-0.2, -0.15) is 0 Å². The second-order valence-corrected chi connectivity index (χ2v) is 6.29. The molecule has 1 rings (SSSR count). The van der Waals surface area contributed by atoms with Crippen LogP contribution < -0.4 is 5.32 Å². The summed E-state index contributed by atoms with van der Waals surface area (Å²) in [5, 5.41) is 22.9. The maximum absolute atomic E-state index is 11.3. The third-order valence-electron chi connectivity index (χ3n) is 3.02. The van der Waals surface area contributed by atoms with Crippen LogP contribution in [0.25, 0.3) is 0 Å². The Morgan fingerprint density at radius 2 is 2.14 bits per heavy atom. The Hall–Kier alpha value is -2.18. The molecule has 0 radical (unpaired) electrons. The fourth-order valence-corrected chi connectivity index (χ4v) is 2.05. The monoisotopic (exact) mass is 295 g/mol. The molecular formula is C14H21N3O4. The first kappa shape index (κ1) is 16.9. The Labute approximate surface area is 123 Å². The first-order valence-corrected chi connectivity index (χ1v) is 6.68. The molecule has 1 atom stereocenters. The van der Waals surface area contributed by atoms with E-state index in [4.69, 9.17) is 0 Å². The number of carbonyl (C=O) groups is 1. The Bertz CT molecular complexity index is 538. The average Bonchev–Trinajstić information content (AvgIpc) is 2.32. The van der Waals surface area contributed by atoms with Crippen LogP contribution in [0.3, 0.4) is 0 Å². The highest BCUT2D eigenvalue weighted by Gasteiger charge is 2.24. The third kappa shape index (κ3) is 5.37. The molecule has 0 aromatic carbocycles. The lowest BCUT2D eigenvalue weighted by atomic mass is 9.84. The predicted molar refractivity (Wildman–Crippen MR) is 79.3 cm³/mol. The Kier molecular flexibility index (Phi) is 5.23. The van der Waals surface area contributed by atoms with E-state index in [1.54, 1.807) is 13.0 Å². The fourth-order valence-electron chi connectivity index (χ4n) is 2.05. The number of nitrogens with one attached hydrogen (secondary N) is 1. The van der Waals surface area contributed by atoms with Crippen molar-refractivity contribution in [3.63, 3.8) is 0 Å². The number of nitro groups is 1. The van der Waals surface area contributed by atoms with Crippen LogP contribution in [0.2, 0.25) is 0 Å². The molecule has 0 saturated carbocycles. The number of hydrogen-bond acceptors (Lipinski definition) is 5. The number of pyridine rings is 1. The minimum Gasteiger partial charge on any atom is -0.481 e. The van der Waals surface area contributed by atoms with Crippen LogP contribution in [0.15, 0.2) is 12.3 Å². The van der Waals surface area contributed by atoms with Gasteiger partial charge in [0.05, 0.1) is 10.8 Å². The molecule has 1 heterocycles. The normalized spacial score (nSPS) is 12.8. The van der Waals surface area contributed by atoms with Gasteiger partial charge in [0, 0.05) is 12.1 Å². The zero-order valence-corrected chi connectivity index (χ0v) is 12.7. The Morgan fingerprint density at radius 1 is 1.52 bits per heavy atom. The molecule has 0 bridgehead atoms. The Balaban J connectivity index is 2.75. The number of carboxylic acids is 1. The SMILES string of the molecule is Cc1cc(NCC(CC(C)(C)C)C(=O)O)ncc1[N+](=O)[O-]. The average molecular weight is 295 g/mol. The van der Waals surface area contributed by atoms with Crippen molar-refractivity contribution >= 4 is 17.5 Å². The molecule has 0 saturated heterocycles. The van der Waals surface area contributed by atoms with Crippen LogP contribution in [0, 0.1) is 28.4 Å².